The molecular formula is C18H19N5O2. The molecule has 7 heteroatoms. The second kappa shape index (κ2) is 7.18. The van der Waals surface area contributed by atoms with E-state index in [1.54, 1.807) is 24.4 Å². The highest BCUT2D eigenvalue weighted by Crippen LogP contribution is 2.16. The van der Waals surface area contributed by atoms with Crippen LogP contribution in [-0.4, -0.2) is 35.0 Å². The van der Waals surface area contributed by atoms with Crippen LogP contribution in [0.5, 0.6) is 0 Å². The fourth-order valence-electron chi connectivity index (χ4n) is 3.11. The summed E-state index contributed by atoms with van der Waals surface area (Å²) in [5, 5.41) is 12.0. The highest BCUT2D eigenvalue weighted by molar-refractivity contribution is 5.96. The van der Waals surface area contributed by atoms with Crippen LogP contribution in [0.25, 0.3) is 0 Å². The molecule has 0 radical (unpaired) electrons. The molecule has 1 aliphatic heterocycles. The molecule has 1 aliphatic rings. The molecule has 128 valence electrons. The minimum absolute atomic E-state index is 0.0577. The topological polar surface area (TPSA) is 102 Å². The third kappa shape index (κ3) is 3.69. The number of carbonyl (C=O) groups is 1. The largest absolute Gasteiger partial charge is 0.350 e. The number of nitrogens with zero attached hydrogens (tertiary/aromatic N) is 3. The Hall–Kier alpha value is -3.14. The van der Waals surface area contributed by atoms with Crippen LogP contribution in [0.4, 0.5) is 5.82 Å². The molecule has 0 spiro atoms. The van der Waals surface area contributed by atoms with Crippen molar-refractivity contribution in [1.82, 2.24) is 15.3 Å². The van der Waals surface area contributed by atoms with Gasteiger partial charge in [0.25, 0.3) is 11.5 Å². The van der Waals surface area contributed by atoms with E-state index < -0.39 is 0 Å². The minimum atomic E-state index is -0.225. The molecule has 1 aromatic heterocycles. The monoisotopic (exact) mass is 337 g/mol. The molecule has 1 amide bonds. The zero-order chi connectivity index (χ0) is 17.8. The van der Waals surface area contributed by atoms with Crippen LogP contribution in [0, 0.1) is 18.3 Å². The number of benzene rings is 1. The third-order valence-corrected chi connectivity index (χ3v) is 4.35. The summed E-state index contributed by atoms with van der Waals surface area (Å²) in [6.07, 6.45) is 4.78. The quantitative estimate of drug-likeness (QED) is 0.880. The Morgan fingerprint density at radius 1 is 1.48 bits per heavy atom. The van der Waals surface area contributed by atoms with Gasteiger partial charge in [-0.2, -0.15) is 5.26 Å². The molecule has 2 N–H and O–H groups in total. The average molecular weight is 337 g/mol. The summed E-state index contributed by atoms with van der Waals surface area (Å²) in [5.41, 5.74) is 1.64. The third-order valence-electron chi connectivity index (χ3n) is 4.35. The van der Waals surface area contributed by atoms with Gasteiger partial charge in [-0.15, -0.1) is 0 Å². The number of carbonyl (C=O) groups excluding carboxylic acids is 1. The maximum atomic E-state index is 12.5. The summed E-state index contributed by atoms with van der Waals surface area (Å²) in [7, 11) is 0. The van der Waals surface area contributed by atoms with E-state index in [1.807, 2.05) is 11.8 Å². The van der Waals surface area contributed by atoms with Crippen LogP contribution in [0.2, 0.25) is 0 Å². The molecule has 2 aromatic rings. The zero-order valence-electron chi connectivity index (χ0n) is 14.0. The van der Waals surface area contributed by atoms with Gasteiger partial charge in [-0.05, 0) is 43.5 Å². The van der Waals surface area contributed by atoms with Crippen molar-refractivity contribution in [1.29, 1.82) is 5.26 Å². The van der Waals surface area contributed by atoms with Crippen LogP contribution in [0.15, 0.2) is 35.4 Å². The maximum absolute atomic E-state index is 12.5. The second-order valence-electron chi connectivity index (χ2n) is 6.14. The molecule has 7 nitrogen and oxygen atoms in total. The van der Waals surface area contributed by atoms with E-state index in [1.165, 1.54) is 6.20 Å². The minimum Gasteiger partial charge on any atom is -0.350 e. The maximum Gasteiger partial charge on any atom is 0.290 e. The number of anilines is 1. The lowest BCUT2D eigenvalue weighted by molar-refractivity contribution is 0.0932. The molecule has 25 heavy (non-hydrogen) atoms. The molecule has 0 saturated carbocycles. The van der Waals surface area contributed by atoms with E-state index in [0.717, 1.165) is 24.9 Å². The number of H-pyrrole nitrogens is 1. The first kappa shape index (κ1) is 16.7. The number of rotatable bonds is 3. The van der Waals surface area contributed by atoms with Crippen molar-refractivity contribution in [3.05, 3.63) is 57.6 Å². The number of piperidine rings is 1. The number of aromatic amines is 1. The molecule has 2 heterocycles. The zero-order valence-corrected chi connectivity index (χ0v) is 14.0. The van der Waals surface area contributed by atoms with Gasteiger partial charge in [-0.1, -0.05) is 0 Å². The summed E-state index contributed by atoms with van der Waals surface area (Å²) in [4.78, 5) is 33.1. The Kier molecular flexibility index (Phi) is 4.80. The summed E-state index contributed by atoms with van der Waals surface area (Å²) in [6.45, 7) is 3.10. The van der Waals surface area contributed by atoms with Gasteiger partial charge in [-0.3, -0.25) is 9.59 Å². The summed E-state index contributed by atoms with van der Waals surface area (Å²) < 4.78 is 0. The molecule has 3 rings (SSSR count). The lowest BCUT2D eigenvalue weighted by Gasteiger charge is -2.33. The van der Waals surface area contributed by atoms with E-state index in [2.05, 4.69) is 21.4 Å². The second-order valence-corrected chi connectivity index (χ2v) is 6.14. The van der Waals surface area contributed by atoms with Crippen LogP contribution >= 0.6 is 0 Å². The van der Waals surface area contributed by atoms with Crippen molar-refractivity contribution in [2.24, 2.45) is 0 Å². The first-order valence-electron chi connectivity index (χ1n) is 8.18. The number of nitrogens with one attached hydrogen (secondary N) is 2. The molecule has 0 unspecified atom stereocenters. The smallest absolute Gasteiger partial charge is 0.290 e. The first-order chi connectivity index (χ1) is 12.1. The number of amides is 1. The number of nitriles is 1. The average Bonchev–Trinajstić information content (AvgIpc) is 2.62. The van der Waals surface area contributed by atoms with Crippen LogP contribution in [0.3, 0.4) is 0 Å². The van der Waals surface area contributed by atoms with Crippen molar-refractivity contribution >= 4 is 11.7 Å². The van der Waals surface area contributed by atoms with E-state index in [9.17, 15) is 9.59 Å². The van der Waals surface area contributed by atoms with Crippen molar-refractivity contribution in [3.63, 3.8) is 0 Å². The molecule has 0 bridgehead atoms. The van der Waals surface area contributed by atoms with Crippen molar-refractivity contribution < 1.29 is 4.79 Å². The highest BCUT2D eigenvalue weighted by Gasteiger charge is 2.24. The Balaban J connectivity index is 1.71. The molecule has 1 aromatic carbocycles. The van der Waals surface area contributed by atoms with E-state index in [0.29, 0.717) is 23.5 Å². The lowest BCUT2D eigenvalue weighted by Crippen LogP contribution is -2.49. The summed E-state index contributed by atoms with van der Waals surface area (Å²) in [5.74, 6) is 0.222. The number of hydrogen-bond donors (Lipinski definition) is 2. The van der Waals surface area contributed by atoms with E-state index >= 15 is 0 Å². The van der Waals surface area contributed by atoms with Crippen LogP contribution < -0.4 is 15.8 Å². The fourth-order valence-corrected chi connectivity index (χ4v) is 3.11. The Labute approximate surface area is 145 Å². The van der Waals surface area contributed by atoms with Gasteiger partial charge in [0.2, 0.25) is 0 Å². The number of aromatic nitrogens is 2. The number of aryl methyl sites for hydroxylation is 1. The van der Waals surface area contributed by atoms with Gasteiger partial charge in [0, 0.05) is 37.1 Å². The van der Waals surface area contributed by atoms with Crippen LogP contribution in [0.1, 0.15) is 34.3 Å². The highest BCUT2D eigenvalue weighted by atomic mass is 16.1. The van der Waals surface area contributed by atoms with Gasteiger partial charge in [-0.25, -0.2) is 4.98 Å². The number of hydrogen-bond acceptors (Lipinski definition) is 5. The van der Waals surface area contributed by atoms with Gasteiger partial charge in [0.15, 0.2) is 5.82 Å². The van der Waals surface area contributed by atoms with Gasteiger partial charge >= 0.3 is 0 Å². The van der Waals surface area contributed by atoms with E-state index in [-0.39, 0.29) is 17.5 Å². The van der Waals surface area contributed by atoms with Crippen LogP contribution in [-0.2, 0) is 0 Å². The summed E-state index contributed by atoms with van der Waals surface area (Å²) >= 11 is 0. The SMILES string of the molecule is Cc1cc(C#N)ccc1C(=O)N[C@@H]1CCCN(c2ncc[nH]c2=O)C1. The molecule has 1 atom stereocenters. The lowest BCUT2D eigenvalue weighted by atomic mass is 10.0. The molecule has 1 saturated heterocycles. The predicted octanol–water partition coefficient (Wildman–Crippen LogP) is 1.35. The summed E-state index contributed by atoms with van der Waals surface area (Å²) in [6, 6.07) is 7.03. The van der Waals surface area contributed by atoms with E-state index in [4.69, 9.17) is 5.26 Å². The first-order valence-corrected chi connectivity index (χ1v) is 8.18. The predicted molar refractivity (Wildman–Crippen MR) is 93.5 cm³/mol. The standard InChI is InChI=1S/C18H19N5O2/c1-12-9-13(10-19)4-5-15(12)17(24)22-14-3-2-8-23(11-14)16-18(25)21-7-6-20-16/h4-7,9,14H,2-3,8,11H2,1H3,(H,21,25)(H,22,24)/t14-/m1/s1. The molecule has 1 fully saturated rings. The van der Waals surface area contributed by atoms with Crippen molar-refractivity contribution in [2.75, 3.05) is 18.0 Å². The van der Waals surface area contributed by atoms with Gasteiger partial charge < -0.3 is 15.2 Å². The molecule has 0 aliphatic carbocycles. The van der Waals surface area contributed by atoms with Gasteiger partial charge in [0.1, 0.15) is 0 Å². The Bertz CT molecular complexity index is 884. The van der Waals surface area contributed by atoms with Crippen molar-refractivity contribution in [2.45, 2.75) is 25.8 Å². The Morgan fingerprint density at radius 2 is 2.32 bits per heavy atom. The Morgan fingerprint density at radius 3 is 3.04 bits per heavy atom. The fraction of sp³-hybridized carbons (Fsp3) is 0.333. The molecular weight excluding hydrogens is 318 g/mol. The van der Waals surface area contributed by atoms with Gasteiger partial charge in [0.05, 0.1) is 11.6 Å². The normalized spacial score (nSPS) is 17.0. The van der Waals surface area contributed by atoms with Crippen molar-refractivity contribution in [3.8, 4) is 6.07 Å².